The zero-order valence-electron chi connectivity index (χ0n) is 9.52. The maximum Gasteiger partial charge on any atom is -0.0230 e. The van der Waals surface area contributed by atoms with Crippen LogP contribution in [0.3, 0.4) is 0 Å². The van der Waals surface area contributed by atoms with Gasteiger partial charge in [0.1, 0.15) is 0 Å². The minimum Gasteiger partial charge on any atom is -0.0588 e. The van der Waals surface area contributed by atoms with Gasteiger partial charge in [0, 0.05) is 0 Å². The van der Waals surface area contributed by atoms with Crippen LogP contribution in [0.5, 0.6) is 0 Å². The van der Waals surface area contributed by atoms with Gasteiger partial charge in [-0.25, -0.2) is 0 Å². The zero-order chi connectivity index (χ0) is 9.52. The molecule has 15 heavy (non-hydrogen) atoms. The van der Waals surface area contributed by atoms with Crippen molar-refractivity contribution in [3.05, 3.63) is 0 Å². The van der Waals surface area contributed by atoms with Crippen molar-refractivity contribution < 1.29 is 0 Å². The standard InChI is InChI=1S/C15H20/c1-15-7-4-6(5-7)13(15)12-10-8-2-3-9(8)11(10)14(12)15/h6-14H,2-5H2,1H3. The van der Waals surface area contributed by atoms with Gasteiger partial charge in [0.25, 0.3) is 0 Å². The Balaban J connectivity index is 1.47. The summed E-state index contributed by atoms with van der Waals surface area (Å²) >= 11 is 0. The van der Waals surface area contributed by atoms with Crippen LogP contribution in [0.1, 0.15) is 32.6 Å². The van der Waals surface area contributed by atoms with Crippen molar-refractivity contribution in [3.8, 4) is 0 Å². The molecule has 0 radical (unpaired) electrons. The van der Waals surface area contributed by atoms with Crippen molar-refractivity contribution in [3.63, 3.8) is 0 Å². The van der Waals surface area contributed by atoms with E-state index in [2.05, 4.69) is 6.92 Å². The van der Waals surface area contributed by atoms with E-state index in [0.29, 0.717) is 0 Å². The second kappa shape index (κ2) is 1.73. The molecule has 7 saturated carbocycles. The lowest BCUT2D eigenvalue weighted by Gasteiger charge is -2.83. The molecule has 0 saturated heterocycles. The second-order valence-electron chi connectivity index (χ2n) is 7.98. The first-order chi connectivity index (χ1) is 7.32. The van der Waals surface area contributed by atoms with Gasteiger partial charge in [-0.1, -0.05) is 6.92 Å². The first-order valence-electron chi connectivity index (χ1n) is 7.32. The molecule has 0 aromatic heterocycles. The third-order valence-electron chi connectivity index (χ3n) is 8.50. The minimum absolute atomic E-state index is 0.886. The highest BCUT2D eigenvalue weighted by Gasteiger charge is 2.85. The molecule has 0 heteroatoms. The molecule has 0 aromatic rings. The molecule has 2 bridgehead atoms. The van der Waals surface area contributed by atoms with E-state index in [0.717, 1.165) is 5.41 Å². The van der Waals surface area contributed by atoms with Gasteiger partial charge in [0.05, 0.1) is 0 Å². The molecule has 8 atom stereocenters. The van der Waals surface area contributed by atoms with Crippen LogP contribution in [-0.4, -0.2) is 0 Å². The second-order valence-corrected chi connectivity index (χ2v) is 7.98. The molecule has 7 rings (SSSR count). The summed E-state index contributed by atoms with van der Waals surface area (Å²) in [5, 5.41) is 0. The third-order valence-corrected chi connectivity index (χ3v) is 8.50. The predicted octanol–water partition coefficient (Wildman–Crippen LogP) is 3.18. The molecule has 0 aromatic carbocycles. The van der Waals surface area contributed by atoms with E-state index in [1.807, 2.05) is 0 Å². The Hall–Kier alpha value is 0. The predicted molar refractivity (Wildman–Crippen MR) is 58.0 cm³/mol. The summed E-state index contributed by atoms with van der Waals surface area (Å²) in [4.78, 5) is 0. The average Bonchev–Trinajstić information content (AvgIpc) is 2.44. The molecule has 7 aliphatic carbocycles. The molecule has 7 aliphatic rings. The Morgan fingerprint density at radius 2 is 1.60 bits per heavy atom. The highest BCUT2D eigenvalue weighted by molar-refractivity contribution is 5.32. The first kappa shape index (κ1) is 7.35. The van der Waals surface area contributed by atoms with E-state index >= 15 is 0 Å². The van der Waals surface area contributed by atoms with Crippen molar-refractivity contribution in [2.45, 2.75) is 32.6 Å². The van der Waals surface area contributed by atoms with Crippen molar-refractivity contribution in [2.75, 3.05) is 0 Å². The Kier molecular flexibility index (Phi) is 0.847. The fourth-order valence-corrected chi connectivity index (χ4v) is 7.97. The van der Waals surface area contributed by atoms with Crippen molar-refractivity contribution >= 4 is 0 Å². The number of fused-ring (bicyclic) bond motifs is 7. The van der Waals surface area contributed by atoms with Crippen LogP contribution in [0.15, 0.2) is 0 Å². The van der Waals surface area contributed by atoms with E-state index in [-0.39, 0.29) is 0 Å². The fraction of sp³-hybridized carbons (Fsp3) is 1.00. The molecule has 80 valence electrons. The van der Waals surface area contributed by atoms with Crippen molar-refractivity contribution in [1.82, 2.24) is 0 Å². The van der Waals surface area contributed by atoms with Gasteiger partial charge >= 0.3 is 0 Å². The third kappa shape index (κ3) is 0.449. The van der Waals surface area contributed by atoms with Crippen LogP contribution in [0.25, 0.3) is 0 Å². The van der Waals surface area contributed by atoms with E-state index < -0.39 is 0 Å². The van der Waals surface area contributed by atoms with Gasteiger partial charge in [-0.3, -0.25) is 0 Å². The summed E-state index contributed by atoms with van der Waals surface area (Å²) in [6.07, 6.45) is 6.52. The van der Waals surface area contributed by atoms with Crippen LogP contribution in [-0.2, 0) is 0 Å². The van der Waals surface area contributed by atoms with E-state index in [9.17, 15) is 0 Å². The summed E-state index contributed by atoms with van der Waals surface area (Å²) in [6, 6.07) is 0. The lowest BCUT2D eigenvalue weighted by molar-refractivity contribution is -0.361. The van der Waals surface area contributed by atoms with Gasteiger partial charge in [-0.15, -0.1) is 0 Å². The lowest BCUT2D eigenvalue weighted by atomic mass is 9.21. The average molecular weight is 200 g/mol. The molecule has 0 N–H and O–H groups in total. The first-order valence-corrected chi connectivity index (χ1v) is 7.32. The molecule has 7 fully saturated rings. The van der Waals surface area contributed by atoms with Crippen LogP contribution in [0, 0.1) is 58.7 Å². The van der Waals surface area contributed by atoms with E-state index in [4.69, 9.17) is 0 Å². The summed E-state index contributed by atoms with van der Waals surface area (Å²) in [5.41, 5.74) is 0.886. The zero-order valence-corrected chi connectivity index (χ0v) is 9.52. The van der Waals surface area contributed by atoms with Gasteiger partial charge in [-0.05, 0) is 84.4 Å². The van der Waals surface area contributed by atoms with E-state index in [1.54, 1.807) is 25.7 Å². The van der Waals surface area contributed by atoms with Gasteiger partial charge in [0.15, 0.2) is 0 Å². The van der Waals surface area contributed by atoms with Crippen LogP contribution in [0.4, 0.5) is 0 Å². The molecule has 0 spiro atoms. The van der Waals surface area contributed by atoms with Crippen LogP contribution in [0.2, 0.25) is 0 Å². The SMILES string of the molecule is CC12C3CC(C3)C1C1C3C4CCC4C3C12. The Morgan fingerprint density at radius 1 is 0.867 bits per heavy atom. The molecular weight excluding hydrogens is 180 g/mol. The Bertz CT molecular complexity index is 379. The maximum absolute atomic E-state index is 2.69. The maximum atomic E-state index is 2.69. The van der Waals surface area contributed by atoms with E-state index in [1.165, 1.54) is 53.3 Å². The fourth-order valence-electron chi connectivity index (χ4n) is 7.97. The minimum atomic E-state index is 0.886. The Morgan fingerprint density at radius 3 is 2.33 bits per heavy atom. The molecular formula is C15H20. The monoisotopic (exact) mass is 200 g/mol. The molecule has 0 nitrogen and oxygen atoms in total. The van der Waals surface area contributed by atoms with Crippen molar-refractivity contribution in [2.24, 2.45) is 58.7 Å². The summed E-state index contributed by atoms with van der Waals surface area (Å²) in [6.45, 7) is 2.69. The van der Waals surface area contributed by atoms with Gasteiger partial charge < -0.3 is 0 Å². The van der Waals surface area contributed by atoms with Crippen LogP contribution < -0.4 is 0 Å². The molecule has 0 amide bonds. The lowest BCUT2D eigenvalue weighted by Crippen LogP contribution is -2.79. The molecule has 0 heterocycles. The highest BCUT2D eigenvalue weighted by atomic mass is 14.9. The normalized spacial score (nSPS) is 84.2. The molecule has 0 aliphatic heterocycles. The van der Waals surface area contributed by atoms with Crippen LogP contribution >= 0.6 is 0 Å². The van der Waals surface area contributed by atoms with Gasteiger partial charge in [-0.2, -0.15) is 0 Å². The smallest absolute Gasteiger partial charge is 0.0230 e. The molecule has 8 unspecified atom stereocenters. The Labute approximate surface area is 91.8 Å². The topological polar surface area (TPSA) is 0 Å². The van der Waals surface area contributed by atoms with Crippen molar-refractivity contribution in [1.29, 1.82) is 0 Å². The van der Waals surface area contributed by atoms with Gasteiger partial charge in [0.2, 0.25) is 0 Å². The highest BCUT2D eigenvalue weighted by Crippen LogP contribution is 2.90. The summed E-state index contributed by atoms with van der Waals surface area (Å²) in [5.74, 6) is 11.2. The largest absolute Gasteiger partial charge is 0.0588 e. The number of hydrogen-bond donors (Lipinski definition) is 0. The number of hydrogen-bond acceptors (Lipinski definition) is 0. The number of rotatable bonds is 0. The summed E-state index contributed by atoms with van der Waals surface area (Å²) < 4.78 is 0. The quantitative estimate of drug-likeness (QED) is 0.563. The summed E-state index contributed by atoms with van der Waals surface area (Å²) in [7, 11) is 0.